The monoisotopic (exact) mass is 266 g/mol. The van der Waals surface area contributed by atoms with Crippen molar-refractivity contribution in [1.82, 2.24) is 0 Å². The van der Waals surface area contributed by atoms with Gasteiger partial charge >= 0.3 is 0 Å². The fourth-order valence-corrected chi connectivity index (χ4v) is 2.11. The summed E-state index contributed by atoms with van der Waals surface area (Å²) in [7, 11) is 0. The van der Waals surface area contributed by atoms with Crippen LogP contribution >= 0.6 is 11.6 Å². The summed E-state index contributed by atoms with van der Waals surface area (Å²) in [6, 6.07) is 6.12. The van der Waals surface area contributed by atoms with E-state index in [0.29, 0.717) is 0 Å². The molecule has 0 radical (unpaired) electrons. The minimum Gasteiger partial charge on any atom is -0.381 e. The molecule has 1 aromatic carbocycles. The van der Waals surface area contributed by atoms with Crippen LogP contribution in [0.1, 0.15) is 37.8 Å². The summed E-state index contributed by atoms with van der Waals surface area (Å²) in [4.78, 5) is 0. The van der Waals surface area contributed by atoms with Gasteiger partial charge in [-0.05, 0) is 48.9 Å². The van der Waals surface area contributed by atoms with E-state index in [1.54, 1.807) is 0 Å². The van der Waals surface area contributed by atoms with Gasteiger partial charge in [0, 0.05) is 11.6 Å². The lowest BCUT2D eigenvalue weighted by atomic mass is 9.98. The molecule has 0 saturated heterocycles. The van der Waals surface area contributed by atoms with Crippen LogP contribution in [0, 0.1) is 0 Å². The lowest BCUT2D eigenvalue weighted by Crippen LogP contribution is -2.00. The highest BCUT2D eigenvalue weighted by molar-refractivity contribution is 6.30. The summed E-state index contributed by atoms with van der Waals surface area (Å²) in [5.41, 5.74) is 3.88. The van der Waals surface area contributed by atoms with Gasteiger partial charge in [0.05, 0.1) is 6.61 Å². The smallest absolute Gasteiger partial charge is 0.0503 e. The van der Waals surface area contributed by atoms with Crippen molar-refractivity contribution in [3.8, 4) is 0 Å². The summed E-state index contributed by atoms with van der Waals surface area (Å²) in [6.45, 7) is 10.0. The Balaban J connectivity index is 2.48. The summed E-state index contributed by atoms with van der Waals surface area (Å²) in [6.07, 6.45) is 3.95. The Bertz CT molecular complexity index is 385. The molecule has 0 fully saturated rings. The third-order valence-corrected chi connectivity index (χ3v) is 3.17. The van der Waals surface area contributed by atoms with Gasteiger partial charge in [-0.2, -0.15) is 0 Å². The van der Waals surface area contributed by atoms with E-state index in [1.807, 2.05) is 6.07 Å². The summed E-state index contributed by atoms with van der Waals surface area (Å²) in [5.74, 6) is 0. The predicted octanol–water partition coefficient (Wildman–Crippen LogP) is 4.82. The molecule has 0 atom stereocenters. The lowest BCUT2D eigenvalue weighted by Gasteiger charge is -2.11. The second-order valence-corrected chi connectivity index (χ2v) is 4.99. The first-order valence-electron chi connectivity index (χ1n) is 6.69. The molecule has 1 aromatic rings. The average molecular weight is 267 g/mol. The number of hydrogen-bond acceptors (Lipinski definition) is 1. The molecular weight excluding hydrogens is 244 g/mol. The number of rotatable bonds is 8. The van der Waals surface area contributed by atoms with Crippen LogP contribution < -0.4 is 0 Å². The molecule has 0 amide bonds. The molecule has 0 aliphatic carbocycles. The number of hydrogen-bond donors (Lipinski definition) is 0. The molecule has 0 saturated carbocycles. The average Bonchev–Trinajstić information content (AvgIpc) is 2.37. The molecule has 1 nitrogen and oxygen atoms in total. The molecule has 0 aromatic heterocycles. The van der Waals surface area contributed by atoms with Crippen LogP contribution in [0.3, 0.4) is 0 Å². The van der Waals surface area contributed by atoms with Gasteiger partial charge in [-0.25, -0.2) is 0 Å². The SMILES string of the molecule is C=C(CCOCCC)Cc1ccc(Cl)cc1CC. The van der Waals surface area contributed by atoms with Crippen molar-refractivity contribution < 1.29 is 4.74 Å². The van der Waals surface area contributed by atoms with Crippen molar-refractivity contribution in [3.05, 3.63) is 46.5 Å². The molecule has 0 spiro atoms. The molecule has 0 heterocycles. The van der Waals surface area contributed by atoms with E-state index in [2.05, 4.69) is 32.6 Å². The van der Waals surface area contributed by atoms with Gasteiger partial charge in [-0.1, -0.05) is 43.7 Å². The number of benzene rings is 1. The van der Waals surface area contributed by atoms with Crippen LogP contribution in [0.4, 0.5) is 0 Å². The number of aryl methyl sites for hydroxylation is 1. The zero-order chi connectivity index (χ0) is 13.4. The molecular formula is C16H23ClO. The van der Waals surface area contributed by atoms with Crippen LogP contribution in [0.5, 0.6) is 0 Å². The van der Waals surface area contributed by atoms with Crippen molar-refractivity contribution in [1.29, 1.82) is 0 Å². The highest BCUT2D eigenvalue weighted by atomic mass is 35.5. The summed E-state index contributed by atoms with van der Waals surface area (Å²) >= 11 is 6.01. The maximum Gasteiger partial charge on any atom is 0.0503 e. The van der Waals surface area contributed by atoms with Crippen LogP contribution in [0.25, 0.3) is 0 Å². The van der Waals surface area contributed by atoms with Gasteiger partial charge < -0.3 is 4.74 Å². The Morgan fingerprint density at radius 3 is 2.67 bits per heavy atom. The standard InChI is InChI=1S/C16H23ClO/c1-4-9-18-10-8-13(3)11-15-6-7-16(17)12-14(15)5-2/h6-7,12H,3-5,8-11H2,1-2H3. The van der Waals surface area contributed by atoms with E-state index in [1.165, 1.54) is 16.7 Å². The third kappa shape index (κ3) is 5.24. The van der Waals surface area contributed by atoms with Gasteiger partial charge in [0.2, 0.25) is 0 Å². The van der Waals surface area contributed by atoms with Crippen LogP contribution in [-0.2, 0) is 17.6 Å². The van der Waals surface area contributed by atoms with E-state index >= 15 is 0 Å². The first kappa shape index (κ1) is 15.3. The van der Waals surface area contributed by atoms with Crippen molar-refractivity contribution in [3.63, 3.8) is 0 Å². The highest BCUT2D eigenvalue weighted by Gasteiger charge is 2.04. The van der Waals surface area contributed by atoms with Gasteiger partial charge in [-0.15, -0.1) is 0 Å². The quantitative estimate of drug-likeness (QED) is 0.484. The summed E-state index contributed by atoms with van der Waals surface area (Å²) in [5, 5.41) is 0.812. The van der Waals surface area contributed by atoms with Crippen LogP contribution in [0.2, 0.25) is 5.02 Å². The first-order chi connectivity index (χ1) is 8.67. The van der Waals surface area contributed by atoms with E-state index in [9.17, 15) is 0 Å². The Labute approximate surface area is 116 Å². The molecule has 0 unspecified atom stereocenters. The fraction of sp³-hybridized carbons (Fsp3) is 0.500. The Morgan fingerprint density at radius 1 is 1.22 bits per heavy atom. The second-order valence-electron chi connectivity index (χ2n) is 4.56. The first-order valence-corrected chi connectivity index (χ1v) is 7.06. The van der Waals surface area contributed by atoms with Gasteiger partial charge in [0.15, 0.2) is 0 Å². The molecule has 18 heavy (non-hydrogen) atoms. The summed E-state index contributed by atoms with van der Waals surface area (Å²) < 4.78 is 5.48. The Morgan fingerprint density at radius 2 is 2.00 bits per heavy atom. The molecule has 100 valence electrons. The zero-order valence-electron chi connectivity index (χ0n) is 11.5. The van der Waals surface area contributed by atoms with Crippen molar-refractivity contribution in [2.24, 2.45) is 0 Å². The van der Waals surface area contributed by atoms with Gasteiger partial charge in [-0.3, -0.25) is 0 Å². The molecule has 0 bridgehead atoms. The maximum atomic E-state index is 6.01. The molecule has 2 heteroatoms. The minimum absolute atomic E-state index is 0.779. The molecule has 0 aliphatic heterocycles. The fourth-order valence-electron chi connectivity index (χ4n) is 1.92. The van der Waals surface area contributed by atoms with Crippen LogP contribution in [-0.4, -0.2) is 13.2 Å². The van der Waals surface area contributed by atoms with Gasteiger partial charge in [0.25, 0.3) is 0 Å². The second kappa shape index (κ2) is 8.34. The molecule has 0 N–H and O–H groups in total. The normalized spacial score (nSPS) is 10.6. The van der Waals surface area contributed by atoms with Crippen LogP contribution in [0.15, 0.2) is 30.4 Å². The van der Waals surface area contributed by atoms with E-state index in [4.69, 9.17) is 16.3 Å². The van der Waals surface area contributed by atoms with E-state index < -0.39 is 0 Å². The highest BCUT2D eigenvalue weighted by Crippen LogP contribution is 2.20. The molecule has 1 rings (SSSR count). The Hall–Kier alpha value is -0.790. The molecule has 0 aliphatic rings. The van der Waals surface area contributed by atoms with E-state index in [-0.39, 0.29) is 0 Å². The van der Waals surface area contributed by atoms with Crippen molar-refractivity contribution >= 4 is 11.6 Å². The number of ether oxygens (including phenoxy) is 1. The van der Waals surface area contributed by atoms with E-state index in [0.717, 1.165) is 43.9 Å². The minimum atomic E-state index is 0.779. The van der Waals surface area contributed by atoms with Gasteiger partial charge in [0.1, 0.15) is 0 Å². The number of halogens is 1. The topological polar surface area (TPSA) is 9.23 Å². The third-order valence-electron chi connectivity index (χ3n) is 2.94. The maximum absolute atomic E-state index is 6.01. The zero-order valence-corrected chi connectivity index (χ0v) is 12.2. The Kier molecular flexibility index (Phi) is 7.07. The van der Waals surface area contributed by atoms with Crippen molar-refractivity contribution in [2.75, 3.05) is 13.2 Å². The van der Waals surface area contributed by atoms with Crippen molar-refractivity contribution in [2.45, 2.75) is 39.5 Å². The lowest BCUT2D eigenvalue weighted by molar-refractivity contribution is 0.137. The predicted molar refractivity (Wildman–Crippen MR) is 79.4 cm³/mol. The largest absolute Gasteiger partial charge is 0.381 e.